The highest BCUT2D eigenvalue weighted by molar-refractivity contribution is 5.64. The fourth-order valence-electron chi connectivity index (χ4n) is 3.68. The molecular weight excluding hydrogens is 418 g/mol. The Morgan fingerprint density at radius 1 is 1.15 bits per heavy atom. The van der Waals surface area contributed by atoms with E-state index >= 15 is 0 Å². The van der Waals surface area contributed by atoms with Crippen molar-refractivity contribution in [2.24, 2.45) is 0 Å². The van der Waals surface area contributed by atoms with Gasteiger partial charge in [-0.25, -0.2) is 4.98 Å². The van der Waals surface area contributed by atoms with Crippen LogP contribution in [0, 0.1) is 6.92 Å². The van der Waals surface area contributed by atoms with Crippen LogP contribution in [-0.4, -0.2) is 38.7 Å². The number of nitrogens with one attached hydrogen (secondary N) is 3. The summed E-state index contributed by atoms with van der Waals surface area (Å²) in [6.45, 7) is 5.96. The lowest BCUT2D eigenvalue weighted by Crippen LogP contribution is -2.33. The minimum Gasteiger partial charge on any atom is -0.373 e. The molecule has 0 spiro atoms. The quantitative estimate of drug-likeness (QED) is 0.487. The van der Waals surface area contributed by atoms with E-state index in [4.69, 9.17) is 0 Å². The molecule has 0 bridgehead atoms. The van der Waals surface area contributed by atoms with Crippen LogP contribution in [0.4, 0.5) is 17.3 Å². The molecule has 3 heterocycles. The summed E-state index contributed by atoms with van der Waals surface area (Å²) in [5, 5.41) is 13.3. The van der Waals surface area contributed by atoms with Crippen LogP contribution in [0.2, 0.25) is 0 Å². The van der Waals surface area contributed by atoms with Gasteiger partial charge < -0.3 is 20.5 Å². The van der Waals surface area contributed by atoms with Crippen LogP contribution in [-0.2, 0) is 4.79 Å². The summed E-state index contributed by atoms with van der Waals surface area (Å²) in [6, 6.07) is 6.40. The maximum atomic E-state index is 12.7. The second-order valence-corrected chi connectivity index (χ2v) is 8.10. The average molecular weight is 454 g/mol. The lowest BCUT2D eigenvalue weighted by atomic mass is 9.93. The summed E-state index contributed by atoms with van der Waals surface area (Å²) in [5.41, 5.74) is 2.29. The number of hydrogen-bond donors (Lipinski definition) is 3. The molecule has 0 aliphatic heterocycles. The molecule has 0 saturated heterocycles. The van der Waals surface area contributed by atoms with Gasteiger partial charge >= 0.3 is 0 Å². The SMILES string of the molecule is CC.CNc1cc(Nc2cccn(C3CCC3)c2=O)nc2c(C)cnn12.O=CNC1CCC1. The van der Waals surface area contributed by atoms with Gasteiger partial charge in [-0.3, -0.25) is 9.59 Å². The van der Waals surface area contributed by atoms with E-state index in [-0.39, 0.29) is 5.56 Å². The highest BCUT2D eigenvalue weighted by Gasteiger charge is 2.21. The molecule has 2 saturated carbocycles. The molecule has 33 heavy (non-hydrogen) atoms. The Labute approximate surface area is 194 Å². The van der Waals surface area contributed by atoms with E-state index in [0.717, 1.165) is 36.3 Å². The zero-order chi connectivity index (χ0) is 23.8. The topological polar surface area (TPSA) is 105 Å². The minimum absolute atomic E-state index is 0.000103. The second-order valence-electron chi connectivity index (χ2n) is 8.10. The molecular formula is C24H35N7O2. The van der Waals surface area contributed by atoms with Crippen molar-refractivity contribution in [2.45, 2.75) is 71.4 Å². The van der Waals surface area contributed by atoms with Crippen molar-refractivity contribution in [2.75, 3.05) is 17.7 Å². The van der Waals surface area contributed by atoms with Crippen LogP contribution in [0.5, 0.6) is 0 Å². The highest BCUT2D eigenvalue weighted by Crippen LogP contribution is 2.30. The zero-order valence-electron chi connectivity index (χ0n) is 20.0. The van der Waals surface area contributed by atoms with Crippen molar-refractivity contribution in [3.63, 3.8) is 0 Å². The second kappa shape index (κ2) is 11.5. The summed E-state index contributed by atoms with van der Waals surface area (Å²) in [6.07, 6.45) is 11.4. The van der Waals surface area contributed by atoms with Gasteiger partial charge in [0.1, 0.15) is 17.3 Å². The van der Waals surface area contributed by atoms with Crippen LogP contribution in [0.15, 0.2) is 35.4 Å². The van der Waals surface area contributed by atoms with Crippen molar-refractivity contribution in [3.05, 3.63) is 46.5 Å². The molecule has 3 aromatic heterocycles. The van der Waals surface area contributed by atoms with E-state index in [9.17, 15) is 9.59 Å². The maximum absolute atomic E-state index is 12.7. The van der Waals surface area contributed by atoms with Gasteiger partial charge in [-0.1, -0.05) is 13.8 Å². The predicted octanol–water partition coefficient (Wildman–Crippen LogP) is 4.02. The van der Waals surface area contributed by atoms with Gasteiger partial charge in [0.25, 0.3) is 5.56 Å². The molecule has 0 atom stereocenters. The lowest BCUT2D eigenvalue weighted by Gasteiger charge is -2.27. The highest BCUT2D eigenvalue weighted by atomic mass is 16.1. The molecule has 9 heteroatoms. The third-order valence-corrected chi connectivity index (χ3v) is 6.02. The van der Waals surface area contributed by atoms with Gasteiger partial charge in [0, 0.05) is 37.0 Å². The third-order valence-electron chi connectivity index (χ3n) is 6.02. The average Bonchev–Trinajstić information content (AvgIpc) is 3.14. The largest absolute Gasteiger partial charge is 0.373 e. The van der Waals surface area contributed by atoms with Crippen LogP contribution >= 0.6 is 0 Å². The number of rotatable bonds is 6. The fourth-order valence-corrected chi connectivity index (χ4v) is 3.68. The maximum Gasteiger partial charge on any atom is 0.274 e. The summed E-state index contributed by atoms with van der Waals surface area (Å²) in [7, 11) is 1.83. The number of anilines is 3. The Bertz CT molecular complexity index is 1110. The molecule has 2 fully saturated rings. The summed E-state index contributed by atoms with van der Waals surface area (Å²) in [4.78, 5) is 27.0. The first-order valence-electron chi connectivity index (χ1n) is 11.8. The van der Waals surface area contributed by atoms with Gasteiger partial charge in [0.15, 0.2) is 5.65 Å². The predicted molar refractivity (Wildman–Crippen MR) is 132 cm³/mol. The number of amides is 1. The minimum atomic E-state index is 0.000103. The van der Waals surface area contributed by atoms with Gasteiger partial charge in [0.2, 0.25) is 6.41 Å². The molecule has 0 unspecified atom stereocenters. The van der Waals surface area contributed by atoms with Gasteiger partial charge in [-0.2, -0.15) is 9.61 Å². The zero-order valence-corrected chi connectivity index (χ0v) is 20.0. The molecule has 0 aromatic carbocycles. The van der Waals surface area contributed by atoms with Crippen LogP contribution in [0.1, 0.15) is 64.0 Å². The van der Waals surface area contributed by atoms with Crippen LogP contribution < -0.4 is 21.5 Å². The molecule has 3 N–H and O–H groups in total. The van der Waals surface area contributed by atoms with Crippen molar-refractivity contribution >= 4 is 29.4 Å². The smallest absolute Gasteiger partial charge is 0.274 e. The van der Waals surface area contributed by atoms with Gasteiger partial charge in [-0.05, 0) is 57.6 Å². The lowest BCUT2D eigenvalue weighted by molar-refractivity contribution is -0.110. The summed E-state index contributed by atoms with van der Waals surface area (Å²) >= 11 is 0. The van der Waals surface area contributed by atoms with E-state index in [1.807, 2.05) is 50.7 Å². The molecule has 2 aliphatic rings. The summed E-state index contributed by atoms with van der Waals surface area (Å²) in [5.74, 6) is 1.43. The van der Waals surface area contributed by atoms with E-state index < -0.39 is 0 Å². The first-order chi connectivity index (χ1) is 16.1. The Balaban J connectivity index is 0.000000289. The van der Waals surface area contributed by atoms with Gasteiger partial charge in [0.05, 0.1) is 6.20 Å². The van der Waals surface area contributed by atoms with Crippen molar-refractivity contribution < 1.29 is 4.79 Å². The van der Waals surface area contributed by atoms with Gasteiger partial charge in [-0.15, -0.1) is 0 Å². The molecule has 1 amide bonds. The number of pyridine rings is 1. The molecule has 3 aromatic rings. The van der Waals surface area contributed by atoms with Crippen LogP contribution in [0.25, 0.3) is 5.65 Å². The Hall–Kier alpha value is -3.36. The van der Waals surface area contributed by atoms with E-state index in [0.29, 0.717) is 23.6 Å². The number of nitrogens with zero attached hydrogens (tertiary/aromatic N) is 4. The first kappa shape index (κ1) is 24.3. The summed E-state index contributed by atoms with van der Waals surface area (Å²) < 4.78 is 3.57. The molecule has 178 valence electrons. The Morgan fingerprint density at radius 3 is 2.42 bits per heavy atom. The molecule has 9 nitrogen and oxygen atoms in total. The number of fused-ring (bicyclic) bond motifs is 1. The molecule has 5 rings (SSSR count). The molecule has 2 aliphatic carbocycles. The number of aryl methyl sites for hydroxylation is 1. The number of carbonyl (C=O) groups excluding carboxylic acids is 1. The third kappa shape index (κ3) is 5.53. The van der Waals surface area contributed by atoms with E-state index in [2.05, 4.69) is 26.0 Å². The normalized spacial score (nSPS) is 15.2. The monoisotopic (exact) mass is 453 g/mol. The van der Waals surface area contributed by atoms with Crippen molar-refractivity contribution in [1.82, 2.24) is 24.5 Å². The number of hydrogen-bond acceptors (Lipinski definition) is 6. The van der Waals surface area contributed by atoms with E-state index in [1.165, 1.54) is 25.7 Å². The Morgan fingerprint density at radius 2 is 1.88 bits per heavy atom. The Kier molecular flexibility index (Phi) is 8.46. The van der Waals surface area contributed by atoms with Crippen molar-refractivity contribution in [3.8, 4) is 0 Å². The van der Waals surface area contributed by atoms with Crippen LogP contribution in [0.3, 0.4) is 0 Å². The fraction of sp³-hybridized carbons (Fsp3) is 0.500. The number of aromatic nitrogens is 4. The standard InChI is InChI=1S/C17H20N6O.C5H9NO.C2H6/c1-11-10-19-23-15(18-2)9-14(21-16(11)23)20-13-7-4-8-22(17(13)24)12-5-3-6-12;7-4-6-5-2-1-3-5;1-2/h4,7-10,12,18H,3,5-6H2,1-2H3,(H,20,21);4-5H,1-3H2,(H,6,7);1-2H3. The first-order valence-corrected chi connectivity index (χ1v) is 11.8. The molecule has 0 radical (unpaired) electrons. The van der Waals surface area contributed by atoms with Crippen molar-refractivity contribution in [1.29, 1.82) is 0 Å². The van der Waals surface area contributed by atoms with E-state index in [1.54, 1.807) is 16.8 Å². The number of carbonyl (C=O) groups is 1.